The molecule has 244 valence electrons. The molecule has 11 heteroatoms. The summed E-state index contributed by atoms with van der Waals surface area (Å²) in [7, 11) is -5.28. The maximum Gasteiger partial charge on any atom is 0.251 e. The Hall–Kier alpha value is -3.67. The summed E-state index contributed by atoms with van der Waals surface area (Å²) in [5.41, 5.74) is 3.81. The van der Waals surface area contributed by atoms with Crippen LogP contribution in [0.4, 0.5) is 5.82 Å². The number of piperidine rings is 1. The van der Waals surface area contributed by atoms with E-state index in [4.69, 9.17) is 14.4 Å². The number of hydrogen-bond acceptors (Lipinski definition) is 8. The normalized spacial score (nSPS) is 17.7. The van der Waals surface area contributed by atoms with Crippen molar-refractivity contribution in [1.82, 2.24) is 20.3 Å². The smallest absolute Gasteiger partial charge is 0.251 e. The lowest BCUT2D eigenvalue weighted by atomic mass is 9.97. The van der Waals surface area contributed by atoms with E-state index in [1.54, 1.807) is 25.3 Å². The van der Waals surface area contributed by atoms with E-state index in [-0.39, 0.29) is 34.1 Å². The Morgan fingerprint density at radius 1 is 1.07 bits per heavy atom. The van der Waals surface area contributed by atoms with Crippen LogP contribution in [0.3, 0.4) is 0 Å². The molecule has 1 aliphatic heterocycles. The number of anilines is 1. The highest BCUT2D eigenvalue weighted by atomic mass is 32.2. The highest BCUT2D eigenvalue weighted by Crippen LogP contribution is 2.39. The van der Waals surface area contributed by atoms with E-state index in [0.29, 0.717) is 17.2 Å². The van der Waals surface area contributed by atoms with Crippen molar-refractivity contribution in [2.24, 2.45) is 5.92 Å². The van der Waals surface area contributed by atoms with E-state index < -0.39 is 18.2 Å². The summed E-state index contributed by atoms with van der Waals surface area (Å²) in [5.74, 6) is 0.955. The average Bonchev–Trinajstić information content (AvgIpc) is 2.99. The van der Waals surface area contributed by atoms with E-state index in [0.717, 1.165) is 53.9 Å². The first-order valence-electron chi connectivity index (χ1n) is 15.8. The fourth-order valence-corrected chi connectivity index (χ4v) is 7.97. The Labute approximate surface area is 273 Å². The first-order valence-corrected chi connectivity index (χ1v) is 20.6. The Kier molecular flexibility index (Phi) is 9.41. The Morgan fingerprint density at radius 3 is 2.50 bits per heavy atom. The van der Waals surface area contributed by atoms with Crippen LogP contribution < -0.4 is 10.2 Å². The van der Waals surface area contributed by atoms with Crippen molar-refractivity contribution in [3.8, 4) is 11.4 Å². The van der Waals surface area contributed by atoms with E-state index in [2.05, 4.69) is 62.1 Å². The van der Waals surface area contributed by atoms with E-state index in [1.807, 2.05) is 30.3 Å². The molecule has 3 aromatic heterocycles. The van der Waals surface area contributed by atoms with Crippen LogP contribution in [0.5, 0.6) is 0 Å². The molecule has 5 rings (SSSR count). The molecule has 1 aromatic carbocycles. The first kappa shape index (κ1) is 33.7. The molecule has 1 N–H and O–H groups in total. The van der Waals surface area contributed by atoms with Crippen LogP contribution in [0, 0.1) is 12.8 Å². The van der Waals surface area contributed by atoms with Crippen molar-refractivity contribution in [1.29, 1.82) is 0 Å². The number of benzene rings is 1. The maximum absolute atomic E-state index is 12.8. The molecular weight excluding hydrogens is 615 g/mol. The average molecular weight is 660 g/mol. The molecule has 1 amide bonds. The number of carbonyl (C=O) groups excluding carboxylic acids is 1. The second-order valence-corrected chi connectivity index (χ2v) is 20.8. The summed E-state index contributed by atoms with van der Waals surface area (Å²) in [6.07, 6.45) is 4.11. The minimum absolute atomic E-state index is 0.146. The molecule has 0 spiro atoms. The summed E-state index contributed by atoms with van der Waals surface area (Å²) < 4.78 is 31.0. The standard InChI is InChI=1S/C35H45N5O4SSi/c1-23-12-13-25(18-32(23)45(6,42)43)34(41)37-21-27-19-30-26(20-36-27)14-15-29(38-30)28-10-9-11-33(39-28)40-17-16-31(24(2)22-40)44-46(7,8)35(3,4)5/h9-15,18-20,24,31H,16-17,21-22H2,1-8H3,(H,37,41)/t24-,31+/m1/s1. The molecule has 9 nitrogen and oxygen atoms in total. The number of aromatic nitrogens is 3. The van der Waals surface area contributed by atoms with Crippen LogP contribution in [0.25, 0.3) is 22.3 Å². The second-order valence-electron chi connectivity index (χ2n) is 14.0. The third-order valence-electron chi connectivity index (χ3n) is 9.31. The number of hydrogen-bond donors (Lipinski definition) is 1. The number of aryl methyl sites for hydroxylation is 1. The summed E-state index contributed by atoms with van der Waals surface area (Å²) in [6, 6.07) is 16.5. The Morgan fingerprint density at radius 2 is 1.80 bits per heavy atom. The molecule has 4 aromatic rings. The molecule has 0 saturated carbocycles. The number of rotatable bonds is 8. The van der Waals surface area contributed by atoms with Gasteiger partial charge in [0.25, 0.3) is 5.91 Å². The molecular formula is C35H45N5O4SSi. The van der Waals surface area contributed by atoms with Gasteiger partial charge < -0.3 is 14.6 Å². The third kappa shape index (κ3) is 7.48. The molecule has 0 bridgehead atoms. The van der Waals surface area contributed by atoms with Gasteiger partial charge in [0.15, 0.2) is 18.2 Å². The largest absolute Gasteiger partial charge is 0.414 e. The van der Waals surface area contributed by atoms with Crippen LogP contribution in [0.15, 0.2) is 65.7 Å². The minimum atomic E-state index is -3.44. The fraction of sp³-hybridized carbons (Fsp3) is 0.429. The number of sulfone groups is 1. The second kappa shape index (κ2) is 12.8. The molecule has 1 aliphatic rings. The number of carbonyl (C=O) groups is 1. The molecule has 4 heterocycles. The highest BCUT2D eigenvalue weighted by molar-refractivity contribution is 7.90. The van der Waals surface area contributed by atoms with Gasteiger partial charge in [-0.25, -0.2) is 18.4 Å². The first-order chi connectivity index (χ1) is 21.5. The van der Waals surface area contributed by atoms with Crippen molar-refractivity contribution in [3.63, 3.8) is 0 Å². The SMILES string of the molecule is Cc1ccc(C(=O)NCc2cc3nc(-c4cccc(N5CC[C@H](O[Si](C)(C)C(C)(C)C)[C@H](C)C5)n4)ccc3cn2)cc1S(C)(=O)=O. The van der Waals surface area contributed by atoms with Crippen molar-refractivity contribution in [3.05, 3.63) is 77.6 Å². The summed E-state index contributed by atoms with van der Waals surface area (Å²) >= 11 is 0. The van der Waals surface area contributed by atoms with E-state index >= 15 is 0 Å². The maximum atomic E-state index is 12.8. The third-order valence-corrected chi connectivity index (χ3v) is 15.1. The number of fused-ring (bicyclic) bond motifs is 1. The molecule has 0 aliphatic carbocycles. The van der Waals surface area contributed by atoms with Crippen LogP contribution in [-0.4, -0.2) is 63.0 Å². The fourth-order valence-electron chi connectivity index (χ4n) is 5.52. The lowest BCUT2D eigenvalue weighted by Crippen LogP contribution is -2.50. The van der Waals surface area contributed by atoms with Gasteiger partial charge in [-0.2, -0.15) is 0 Å². The van der Waals surface area contributed by atoms with Gasteiger partial charge in [0.05, 0.1) is 40.1 Å². The molecule has 1 fully saturated rings. The van der Waals surface area contributed by atoms with Crippen LogP contribution >= 0.6 is 0 Å². The minimum Gasteiger partial charge on any atom is -0.414 e. The lowest BCUT2D eigenvalue weighted by molar-refractivity contribution is 0.0950. The molecule has 1 saturated heterocycles. The van der Waals surface area contributed by atoms with Crippen LogP contribution in [0.1, 0.15) is 55.7 Å². The molecule has 46 heavy (non-hydrogen) atoms. The Balaban J connectivity index is 1.28. The van der Waals surface area contributed by atoms with Crippen LogP contribution in [-0.2, 0) is 20.8 Å². The van der Waals surface area contributed by atoms with Gasteiger partial charge in [-0.15, -0.1) is 0 Å². The van der Waals surface area contributed by atoms with E-state index in [1.165, 1.54) is 6.07 Å². The number of nitrogens with zero attached hydrogens (tertiary/aromatic N) is 4. The lowest BCUT2D eigenvalue weighted by Gasteiger charge is -2.44. The molecule has 0 radical (unpaired) electrons. The van der Waals surface area contributed by atoms with Crippen molar-refractivity contribution < 1.29 is 17.6 Å². The van der Waals surface area contributed by atoms with Gasteiger partial charge in [0, 0.05) is 36.5 Å². The van der Waals surface area contributed by atoms with Crippen molar-refractivity contribution in [2.75, 3.05) is 24.2 Å². The summed E-state index contributed by atoms with van der Waals surface area (Å²) in [4.78, 5) is 29.7. The number of pyridine rings is 3. The predicted molar refractivity (Wildman–Crippen MR) is 186 cm³/mol. The molecule has 2 atom stereocenters. The number of nitrogens with one attached hydrogen (secondary N) is 1. The zero-order chi connectivity index (χ0) is 33.4. The summed E-state index contributed by atoms with van der Waals surface area (Å²) in [6.45, 7) is 17.5. The van der Waals surface area contributed by atoms with Crippen molar-refractivity contribution >= 4 is 40.8 Å². The summed E-state index contributed by atoms with van der Waals surface area (Å²) in [5, 5.41) is 3.91. The van der Waals surface area contributed by atoms with Gasteiger partial charge >= 0.3 is 0 Å². The number of amides is 1. The van der Waals surface area contributed by atoms with Crippen molar-refractivity contribution in [2.45, 2.75) is 76.7 Å². The predicted octanol–water partition coefficient (Wildman–Crippen LogP) is 6.57. The van der Waals surface area contributed by atoms with Gasteiger partial charge in [-0.1, -0.05) is 39.8 Å². The Bertz CT molecular complexity index is 1870. The van der Waals surface area contributed by atoms with Crippen LogP contribution in [0.2, 0.25) is 18.1 Å². The molecule has 0 unspecified atom stereocenters. The van der Waals surface area contributed by atoms with Gasteiger partial charge in [-0.05, 0) is 85.4 Å². The zero-order valence-corrected chi connectivity index (χ0v) is 29.9. The zero-order valence-electron chi connectivity index (χ0n) is 28.1. The van der Waals surface area contributed by atoms with Gasteiger partial charge in [0.2, 0.25) is 0 Å². The van der Waals surface area contributed by atoms with Gasteiger partial charge in [0.1, 0.15) is 5.82 Å². The quantitative estimate of drug-likeness (QED) is 0.211. The topological polar surface area (TPSA) is 114 Å². The highest BCUT2D eigenvalue weighted by Gasteiger charge is 2.41. The van der Waals surface area contributed by atoms with E-state index in [9.17, 15) is 13.2 Å². The monoisotopic (exact) mass is 659 g/mol. The van der Waals surface area contributed by atoms with Gasteiger partial charge in [-0.3, -0.25) is 9.78 Å².